The van der Waals surface area contributed by atoms with E-state index in [0.29, 0.717) is 16.9 Å². The lowest BCUT2D eigenvalue weighted by Gasteiger charge is -2.08. The molecule has 106 valence electrons. The van der Waals surface area contributed by atoms with Gasteiger partial charge in [0.05, 0.1) is 17.6 Å². The molecule has 0 atom stereocenters. The topological polar surface area (TPSA) is 34.9 Å². The minimum Gasteiger partial charge on any atom is -0.266 e. The van der Waals surface area contributed by atoms with Crippen LogP contribution in [0.15, 0.2) is 51.7 Å². The fourth-order valence-electron chi connectivity index (χ4n) is 2.08. The van der Waals surface area contributed by atoms with E-state index in [2.05, 4.69) is 17.6 Å². The Kier molecular flexibility index (Phi) is 3.65. The summed E-state index contributed by atoms with van der Waals surface area (Å²) in [6, 6.07) is 6.57. The summed E-state index contributed by atoms with van der Waals surface area (Å²) in [6.07, 6.45) is 3.34. The third-order valence-electron chi connectivity index (χ3n) is 3.06. The molecule has 3 aromatic rings. The summed E-state index contributed by atoms with van der Waals surface area (Å²) in [4.78, 5) is 16.4. The van der Waals surface area contributed by atoms with E-state index in [1.807, 2.05) is 13.0 Å². The molecule has 0 N–H and O–H groups in total. The number of benzene rings is 1. The molecular weight excluding hydrogens is 307 g/mol. The molecule has 0 fully saturated rings. The zero-order chi connectivity index (χ0) is 15.0. The highest BCUT2D eigenvalue weighted by molar-refractivity contribution is 7.80. The van der Waals surface area contributed by atoms with Crippen molar-refractivity contribution in [2.45, 2.75) is 11.8 Å². The zero-order valence-electron chi connectivity index (χ0n) is 11.1. The smallest absolute Gasteiger partial charge is 0.266 e. The van der Waals surface area contributed by atoms with E-state index in [-0.39, 0.29) is 9.77 Å². The zero-order valence-corrected chi connectivity index (χ0v) is 12.8. The maximum absolute atomic E-state index is 13.7. The number of hydrogen-bond donors (Lipinski definition) is 1. The van der Waals surface area contributed by atoms with Crippen molar-refractivity contribution in [1.29, 1.82) is 0 Å². The monoisotopic (exact) mass is 318 g/mol. The van der Waals surface area contributed by atoms with Gasteiger partial charge in [-0.25, -0.2) is 4.39 Å². The van der Waals surface area contributed by atoms with Crippen LogP contribution < -0.4 is 4.87 Å². The minimum atomic E-state index is -0.414. The summed E-state index contributed by atoms with van der Waals surface area (Å²) in [7, 11) is 0. The molecule has 0 aliphatic heterocycles. The van der Waals surface area contributed by atoms with Crippen molar-refractivity contribution >= 4 is 24.0 Å². The number of pyridine rings is 1. The van der Waals surface area contributed by atoms with Gasteiger partial charge in [-0.15, -0.1) is 12.6 Å². The van der Waals surface area contributed by atoms with Crippen LogP contribution in [0.3, 0.4) is 0 Å². The van der Waals surface area contributed by atoms with Gasteiger partial charge in [0, 0.05) is 22.0 Å². The van der Waals surface area contributed by atoms with Gasteiger partial charge in [0.2, 0.25) is 0 Å². The predicted molar refractivity (Wildman–Crippen MR) is 85.1 cm³/mol. The largest absolute Gasteiger partial charge is 0.312 e. The lowest BCUT2D eigenvalue weighted by molar-refractivity contribution is 0.603. The number of thiazole rings is 1. The van der Waals surface area contributed by atoms with Gasteiger partial charge in [0.1, 0.15) is 5.82 Å². The van der Waals surface area contributed by atoms with Gasteiger partial charge in [-0.2, -0.15) is 0 Å². The van der Waals surface area contributed by atoms with Gasteiger partial charge in [-0.1, -0.05) is 17.4 Å². The van der Waals surface area contributed by atoms with Crippen LogP contribution in [0.1, 0.15) is 5.56 Å². The first-order chi connectivity index (χ1) is 10.1. The average Bonchev–Trinajstić information content (AvgIpc) is 2.84. The molecule has 0 aliphatic carbocycles. The molecule has 1 aromatic carbocycles. The normalized spacial score (nSPS) is 10.8. The van der Waals surface area contributed by atoms with E-state index in [9.17, 15) is 9.18 Å². The van der Waals surface area contributed by atoms with Gasteiger partial charge >= 0.3 is 4.87 Å². The van der Waals surface area contributed by atoms with Crippen LogP contribution >= 0.6 is 24.0 Å². The lowest BCUT2D eigenvalue weighted by atomic mass is 10.1. The summed E-state index contributed by atoms with van der Waals surface area (Å²) in [5.41, 5.74) is 2.90. The first-order valence-electron chi connectivity index (χ1n) is 6.18. The first-order valence-corrected chi connectivity index (χ1v) is 7.50. The molecule has 21 heavy (non-hydrogen) atoms. The third kappa shape index (κ3) is 2.64. The van der Waals surface area contributed by atoms with Crippen LogP contribution in [0.4, 0.5) is 4.39 Å². The fourth-order valence-corrected chi connectivity index (χ4v) is 2.98. The Bertz CT molecular complexity index is 870. The van der Waals surface area contributed by atoms with Crippen molar-refractivity contribution in [3.05, 3.63) is 63.1 Å². The molecule has 3 nitrogen and oxygen atoms in total. The number of thiol groups is 1. The summed E-state index contributed by atoms with van der Waals surface area (Å²) < 4.78 is 15.2. The Morgan fingerprint density at radius 1 is 1.29 bits per heavy atom. The van der Waals surface area contributed by atoms with Crippen LogP contribution in [0.2, 0.25) is 0 Å². The second kappa shape index (κ2) is 5.46. The van der Waals surface area contributed by atoms with Gasteiger partial charge in [0.15, 0.2) is 0 Å². The highest BCUT2D eigenvalue weighted by atomic mass is 32.1. The number of rotatable bonds is 2. The molecule has 2 aromatic heterocycles. The summed E-state index contributed by atoms with van der Waals surface area (Å²) >= 11 is 5.10. The highest BCUT2D eigenvalue weighted by Crippen LogP contribution is 2.26. The van der Waals surface area contributed by atoms with E-state index in [1.165, 1.54) is 10.6 Å². The van der Waals surface area contributed by atoms with Crippen molar-refractivity contribution in [2.24, 2.45) is 0 Å². The Morgan fingerprint density at radius 3 is 2.81 bits per heavy atom. The molecule has 0 saturated carbocycles. The summed E-state index contributed by atoms with van der Waals surface area (Å²) in [5.74, 6) is -0.414. The van der Waals surface area contributed by atoms with Gasteiger partial charge in [-0.3, -0.25) is 14.3 Å². The van der Waals surface area contributed by atoms with E-state index >= 15 is 0 Å². The fraction of sp³-hybridized carbons (Fsp3) is 0.0667. The Hall–Kier alpha value is -1.92. The van der Waals surface area contributed by atoms with Crippen molar-refractivity contribution < 1.29 is 4.39 Å². The summed E-state index contributed by atoms with van der Waals surface area (Å²) in [5, 5.41) is 1.72. The van der Waals surface area contributed by atoms with E-state index < -0.39 is 5.82 Å². The van der Waals surface area contributed by atoms with Gasteiger partial charge < -0.3 is 0 Å². The van der Waals surface area contributed by atoms with Crippen LogP contribution in [-0.2, 0) is 0 Å². The SMILES string of the molecule is Cc1cncc(-n2c(-c3ccc(S)c(F)c3)csc2=O)c1. The number of aromatic nitrogens is 2. The molecule has 0 saturated heterocycles. The molecule has 2 heterocycles. The van der Waals surface area contributed by atoms with Crippen molar-refractivity contribution in [3.63, 3.8) is 0 Å². The van der Waals surface area contributed by atoms with E-state index in [1.54, 1.807) is 29.9 Å². The quantitative estimate of drug-likeness (QED) is 0.731. The molecule has 0 unspecified atom stereocenters. The number of aryl methyl sites for hydroxylation is 1. The van der Waals surface area contributed by atoms with Crippen LogP contribution in [-0.4, -0.2) is 9.55 Å². The highest BCUT2D eigenvalue weighted by Gasteiger charge is 2.12. The standard InChI is InChI=1S/C15H11FN2OS2/c1-9-4-11(7-17-6-9)18-13(8-21-15(18)19)10-2-3-14(20)12(16)5-10/h2-8,20H,1H3. The lowest BCUT2D eigenvalue weighted by Crippen LogP contribution is -2.12. The molecular formula is C15H11FN2OS2. The van der Waals surface area contributed by atoms with Crippen LogP contribution in [0.5, 0.6) is 0 Å². The molecule has 0 amide bonds. The maximum atomic E-state index is 13.7. The second-order valence-corrected chi connectivity index (χ2v) is 5.91. The van der Waals surface area contributed by atoms with Crippen molar-refractivity contribution in [3.8, 4) is 16.9 Å². The number of nitrogens with zero attached hydrogens (tertiary/aromatic N) is 2. The first kappa shape index (κ1) is 14.0. The molecule has 0 radical (unpaired) electrons. The van der Waals surface area contributed by atoms with Gasteiger partial charge in [-0.05, 0) is 30.7 Å². The Morgan fingerprint density at radius 2 is 2.10 bits per heavy atom. The maximum Gasteiger partial charge on any atom is 0.312 e. The van der Waals surface area contributed by atoms with E-state index in [4.69, 9.17) is 0 Å². The third-order valence-corrected chi connectivity index (χ3v) is 4.15. The number of halogens is 1. The van der Waals surface area contributed by atoms with Crippen LogP contribution in [0.25, 0.3) is 16.9 Å². The van der Waals surface area contributed by atoms with Crippen molar-refractivity contribution in [1.82, 2.24) is 9.55 Å². The Labute approximate surface area is 130 Å². The predicted octanol–water partition coefficient (Wildman–Crippen LogP) is 3.70. The molecule has 0 aliphatic rings. The van der Waals surface area contributed by atoms with Crippen molar-refractivity contribution in [2.75, 3.05) is 0 Å². The molecule has 0 spiro atoms. The molecule has 3 rings (SSSR count). The average molecular weight is 318 g/mol. The second-order valence-electron chi connectivity index (χ2n) is 4.61. The van der Waals surface area contributed by atoms with E-state index in [0.717, 1.165) is 16.9 Å². The number of hydrogen-bond acceptors (Lipinski definition) is 4. The Balaban J connectivity index is 2.21. The molecule has 0 bridgehead atoms. The summed E-state index contributed by atoms with van der Waals surface area (Å²) in [6.45, 7) is 1.91. The van der Waals surface area contributed by atoms with Crippen LogP contribution in [0, 0.1) is 12.7 Å². The molecule has 6 heteroatoms. The minimum absolute atomic E-state index is 0.132. The van der Waals surface area contributed by atoms with Gasteiger partial charge in [0.25, 0.3) is 0 Å².